The van der Waals surface area contributed by atoms with Crippen molar-refractivity contribution in [1.29, 1.82) is 0 Å². The van der Waals surface area contributed by atoms with Crippen LogP contribution in [-0.4, -0.2) is 31.0 Å². The van der Waals surface area contributed by atoms with Crippen LogP contribution < -0.4 is 0 Å². The number of hydrogen-bond donors (Lipinski definition) is 0. The molecule has 74 valence electrons. The SMILES string of the molecule is CCN(CCC(C)C)CC(F)F. The molecule has 0 aromatic carbocycles. The average molecular weight is 179 g/mol. The van der Waals surface area contributed by atoms with Gasteiger partial charge in [-0.3, -0.25) is 4.90 Å². The van der Waals surface area contributed by atoms with E-state index in [1.165, 1.54) is 0 Å². The summed E-state index contributed by atoms with van der Waals surface area (Å²) in [6, 6.07) is 0. The highest BCUT2D eigenvalue weighted by Gasteiger charge is 2.09. The largest absolute Gasteiger partial charge is 0.298 e. The van der Waals surface area contributed by atoms with Crippen molar-refractivity contribution in [1.82, 2.24) is 4.90 Å². The highest BCUT2D eigenvalue weighted by Crippen LogP contribution is 2.04. The second-order valence-electron chi connectivity index (χ2n) is 3.47. The number of nitrogens with zero attached hydrogens (tertiary/aromatic N) is 1. The Bertz CT molecular complexity index is 105. The number of halogens is 2. The zero-order chi connectivity index (χ0) is 9.56. The topological polar surface area (TPSA) is 3.24 Å². The first kappa shape index (κ1) is 11.8. The van der Waals surface area contributed by atoms with Crippen LogP contribution in [0.4, 0.5) is 8.78 Å². The third-order valence-electron chi connectivity index (χ3n) is 1.87. The zero-order valence-corrected chi connectivity index (χ0v) is 8.19. The van der Waals surface area contributed by atoms with E-state index in [1.807, 2.05) is 6.92 Å². The lowest BCUT2D eigenvalue weighted by Gasteiger charge is -2.20. The van der Waals surface area contributed by atoms with Crippen LogP contribution in [0.3, 0.4) is 0 Å². The van der Waals surface area contributed by atoms with Crippen molar-refractivity contribution in [3.8, 4) is 0 Å². The highest BCUT2D eigenvalue weighted by molar-refractivity contribution is 4.58. The molecule has 0 radical (unpaired) electrons. The summed E-state index contributed by atoms with van der Waals surface area (Å²) in [4.78, 5) is 1.80. The molecule has 0 saturated heterocycles. The maximum absolute atomic E-state index is 12.0. The molecule has 0 aliphatic heterocycles. The summed E-state index contributed by atoms with van der Waals surface area (Å²) in [6.07, 6.45) is -1.20. The molecule has 0 aromatic heterocycles. The van der Waals surface area contributed by atoms with Crippen LogP contribution in [0.1, 0.15) is 27.2 Å². The van der Waals surface area contributed by atoms with Gasteiger partial charge in [0.15, 0.2) is 0 Å². The fraction of sp³-hybridized carbons (Fsp3) is 1.00. The smallest absolute Gasteiger partial charge is 0.251 e. The minimum atomic E-state index is -2.20. The molecule has 12 heavy (non-hydrogen) atoms. The molecule has 0 atom stereocenters. The van der Waals surface area contributed by atoms with Crippen LogP contribution in [0.25, 0.3) is 0 Å². The summed E-state index contributed by atoms with van der Waals surface area (Å²) < 4.78 is 23.9. The van der Waals surface area contributed by atoms with Crippen molar-refractivity contribution in [2.75, 3.05) is 19.6 Å². The van der Waals surface area contributed by atoms with Crippen molar-refractivity contribution in [2.24, 2.45) is 5.92 Å². The second kappa shape index (κ2) is 6.35. The minimum Gasteiger partial charge on any atom is -0.298 e. The Morgan fingerprint density at radius 1 is 1.25 bits per heavy atom. The molecule has 0 aliphatic rings. The van der Waals surface area contributed by atoms with E-state index in [2.05, 4.69) is 13.8 Å². The third-order valence-corrected chi connectivity index (χ3v) is 1.87. The lowest BCUT2D eigenvalue weighted by Crippen LogP contribution is -2.30. The molecule has 3 heteroatoms. The lowest BCUT2D eigenvalue weighted by atomic mass is 10.1. The summed E-state index contributed by atoms with van der Waals surface area (Å²) in [5, 5.41) is 0. The predicted molar refractivity (Wildman–Crippen MR) is 47.6 cm³/mol. The number of rotatable bonds is 6. The first-order chi connectivity index (χ1) is 5.56. The molecule has 0 N–H and O–H groups in total. The summed E-state index contributed by atoms with van der Waals surface area (Å²) in [6.45, 7) is 7.56. The molecular weight excluding hydrogens is 160 g/mol. The van der Waals surface area contributed by atoms with Gasteiger partial charge in [-0.2, -0.15) is 0 Å². The minimum absolute atomic E-state index is 0.0801. The van der Waals surface area contributed by atoms with Gasteiger partial charge in [0.05, 0.1) is 6.54 Å². The van der Waals surface area contributed by atoms with E-state index in [-0.39, 0.29) is 6.54 Å². The summed E-state index contributed by atoms with van der Waals surface area (Å²) in [5.74, 6) is 0.594. The van der Waals surface area contributed by atoms with Gasteiger partial charge in [-0.05, 0) is 25.4 Å². The van der Waals surface area contributed by atoms with E-state index in [0.717, 1.165) is 19.5 Å². The zero-order valence-electron chi connectivity index (χ0n) is 8.19. The van der Waals surface area contributed by atoms with Gasteiger partial charge in [0, 0.05) is 0 Å². The van der Waals surface area contributed by atoms with Crippen molar-refractivity contribution >= 4 is 0 Å². The van der Waals surface area contributed by atoms with Crippen LogP contribution in [0, 0.1) is 5.92 Å². The van der Waals surface area contributed by atoms with Crippen LogP contribution in [0.15, 0.2) is 0 Å². The van der Waals surface area contributed by atoms with E-state index in [4.69, 9.17) is 0 Å². The second-order valence-corrected chi connectivity index (χ2v) is 3.47. The van der Waals surface area contributed by atoms with Gasteiger partial charge < -0.3 is 0 Å². The Morgan fingerprint density at radius 2 is 1.83 bits per heavy atom. The molecular formula is C9H19F2N. The fourth-order valence-corrected chi connectivity index (χ4v) is 1.01. The fourth-order valence-electron chi connectivity index (χ4n) is 1.01. The monoisotopic (exact) mass is 179 g/mol. The molecule has 0 spiro atoms. The molecule has 0 saturated carbocycles. The van der Waals surface area contributed by atoms with Gasteiger partial charge in [-0.25, -0.2) is 8.78 Å². The Labute approximate surface area is 73.7 Å². The van der Waals surface area contributed by atoms with Crippen LogP contribution in [0.2, 0.25) is 0 Å². The average Bonchev–Trinajstić information content (AvgIpc) is 1.97. The molecule has 0 heterocycles. The van der Waals surface area contributed by atoms with E-state index < -0.39 is 6.43 Å². The summed E-state index contributed by atoms with van der Waals surface area (Å²) in [7, 11) is 0. The molecule has 0 aliphatic carbocycles. The molecule has 0 amide bonds. The Morgan fingerprint density at radius 3 is 2.17 bits per heavy atom. The number of hydrogen-bond acceptors (Lipinski definition) is 1. The van der Waals surface area contributed by atoms with Crippen LogP contribution in [-0.2, 0) is 0 Å². The molecule has 0 unspecified atom stereocenters. The van der Waals surface area contributed by atoms with Gasteiger partial charge in [0.25, 0.3) is 6.43 Å². The van der Waals surface area contributed by atoms with Gasteiger partial charge >= 0.3 is 0 Å². The third kappa shape index (κ3) is 6.53. The Hall–Kier alpha value is -0.180. The van der Waals surface area contributed by atoms with Gasteiger partial charge in [-0.15, -0.1) is 0 Å². The van der Waals surface area contributed by atoms with Crippen molar-refractivity contribution in [3.05, 3.63) is 0 Å². The first-order valence-corrected chi connectivity index (χ1v) is 4.56. The first-order valence-electron chi connectivity index (χ1n) is 4.56. The summed E-state index contributed by atoms with van der Waals surface area (Å²) in [5.41, 5.74) is 0. The van der Waals surface area contributed by atoms with E-state index in [9.17, 15) is 8.78 Å². The standard InChI is InChI=1S/C9H19F2N/c1-4-12(7-9(10)11)6-5-8(2)3/h8-9H,4-7H2,1-3H3. The molecule has 0 fully saturated rings. The van der Waals surface area contributed by atoms with Gasteiger partial charge in [-0.1, -0.05) is 20.8 Å². The Balaban J connectivity index is 3.53. The van der Waals surface area contributed by atoms with Crippen LogP contribution in [0.5, 0.6) is 0 Å². The quantitative estimate of drug-likeness (QED) is 0.606. The molecule has 0 bridgehead atoms. The number of alkyl halides is 2. The maximum Gasteiger partial charge on any atom is 0.251 e. The predicted octanol–water partition coefficient (Wildman–Crippen LogP) is 2.62. The van der Waals surface area contributed by atoms with Crippen LogP contribution >= 0.6 is 0 Å². The molecule has 0 rings (SSSR count). The highest BCUT2D eigenvalue weighted by atomic mass is 19.3. The Kier molecular flexibility index (Phi) is 6.25. The van der Waals surface area contributed by atoms with E-state index >= 15 is 0 Å². The summed E-state index contributed by atoms with van der Waals surface area (Å²) >= 11 is 0. The van der Waals surface area contributed by atoms with E-state index in [0.29, 0.717) is 5.92 Å². The van der Waals surface area contributed by atoms with Gasteiger partial charge in [0.2, 0.25) is 0 Å². The maximum atomic E-state index is 12.0. The lowest BCUT2D eigenvalue weighted by molar-refractivity contribution is 0.0885. The van der Waals surface area contributed by atoms with Crippen molar-refractivity contribution in [3.63, 3.8) is 0 Å². The molecule has 1 nitrogen and oxygen atoms in total. The molecule has 0 aromatic rings. The van der Waals surface area contributed by atoms with Gasteiger partial charge in [0.1, 0.15) is 0 Å². The van der Waals surface area contributed by atoms with Crippen molar-refractivity contribution in [2.45, 2.75) is 33.6 Å². The normalized spacial score (nSPS) is 12.0. The van der Waals surface area contributed by atoms with Crippen molar-refractivity contribution < 1.29 is 8.78 Å². The van der Waals surface area contributed by atoms with E-state index in [1.54, 1.807) is 4.90 Å².